The standard InChI is InChI=1S/C53H82N8O13S/c1-15-35-53(10)37(42(48(66)74-53)75-20-19-61-46-38(45(54)57-26-58-46)59-50(61)56-25-33-17-16-18-55-24-33)29(4)39(62)27(2)22-52(9,68-14)44(73-49-40(63)34(60(11)12)21-28(3)69-49)30(5)41(31(6)47(65)71-35)72-36-23-51(8,67-13)43(64)32(7)70-36/h16-18,24,26-32,34-37,40-44,49,63-64H,15,19-23,25H2,1-14H3,(H,56,59)(H2,54,57,58)/t27-,28-,29?,30+,31-,32-,34+,35-,36+,37?,40-,41+,42?,43+,44-,49+,51-,52-,53-/m1/s1. The number of nitrogens with one attached hydrogen (secondary N) is 1. The van der Waals surface area contributed by atoms with Gasteiger partial charge in [0.2, 0.25) is 5.95 Å². The highest BCUT2D eigenvalue weighted by Crippen LogP contribution is 2.50. The van der Waals surface area contributed by atoms with E-state index >= 15 is 9.59 Å². The summed E-state index contributed by atoms with van der Waals surface area (Å²) in [5.74, 6) is -4.31. The van der Waals surface area contributed by atoms with Gasteiger partial charge in [-0.3, -0.25) is 23.9 Å². The third-order valence-corrected chi connectivity index (χ3v) is 17.9. The number of rotatable bonds is 15. The van der Waals surface area contributed by atoms with E-state index in [1.165, 1.54) is 25.2 Å². The molecule has 4 fully saturated rings. The Morgan fingerprint density at radius 2 is 1.68 bits per heavy atom. The lowest BCUT2D eigenvalue weighted by atomic mass is 9.70. The van der Waals surface area contributed by atoms with Crippen molar-refractivity contribution in [2.75, 3.05) is 45.1 Å². The highest BCUT2D eigenvalue weighted by molar-refractivity contribution is 8.00. The smallest absolute Gasteiger partial charge is 0.320 e. The fourth-order valence-electron chi connectivity index (χ4n) is 12.2. The quantitative estimate of drug-likeness (QED) is 0.149. The molecule has 5 N–H and O–H groups in total. The number of methoxy groups -OCH3 is 2. The van der Waals surface area contributed by atoms with Gasteiger partial charge >= 0.3 is 11.9 Å². The van der Waals surface area contributed by atoms with Crippen LogP contribution in [0.4, 0.5) is 11.8 Å². The number of anilines is 2. The number of aliphatic hydroxyl groups excluding tert-OH is 2. The van der Waals surface area contributed by atoms with E-state index in [0.717, 1.165) is 5.56 Å². The van der Waals surface area contributed by atoms with Crippen molar-refractivity contribution in [1.29, 1.82) is 0 Å². The number of aliphatic hydroxyl groups is 2. The Morgan fingerprint density at radius 1 is 0.960 bits per heavy atom. The maximum absolute atomic E-state index is 15.3. The van der Waals surface area contributed by atoms with Gasteiger partial charge in [0, 0.05) is 81.6 Å². The van der Waals surface area contributed by atoms with Crippen LogP contribution in [0.15, 0.2) is 30.9 Å². The fourth-order valence-corrected chi connectivity index (χ4v) is 13.6. The van der Waals surface area contributed by atoms with Crippen molar-refractivity contribution in [2.24, 2.45) is 29.6 Å². The molecule has 4 aliphatic heterocycles. The minimum atomic E-state index is -1.46. The molecule has 22 heteroatoms. The zero-order valence-corrected chi connectivity index (χ0v) is 46.9. The third kappa shape index (κ3) is 12.0. The van der Waals surface area contributed by atoms with E-state index < -0.39 is 113 Å². The van der Waals surface area contributed by atoms with Crippen LogP contribution in [-0.2, 0) is 65.4 Å². The zero-order chi connectivity index (χ0) is 54.9. The predicted molar refractivity (Wildman–Crippen MR) is 280 cm³/mol. The summed E-state index contributed by atoms with van der Waals surface area (Å²) in [5, 5.41) is 25.6. The van der Waals surface area contributed by atoms with Gasteiger partial charge < -0.3 is 64.1 Å². The summed E-state index contributed by atoms with van der Waals surface area (Å²) in [4.78, 5) is 64.6. The molecule has 0 aliphatic carbocycles. The Labute approximate surface area is 445 Å². The number of aryl methyl sites for hydroxylation is 1. The number of Topliss-reactive ketones (excluding diaryl/α,β-unsaturated/α-hetero) is 1. The van der Waals surface area contributed by atoms with E-state index in [-0.39, 0.29) is 43.0 Å². The lowest BCUT2D eigenvalue weighted by Crippen LogP contribution is -2.61. The molecule has 3 aromatic heterocycles. The molecular weight excluding hydrogens is 989 g/mol. The summed E-state index contributed by atoms with van der Waals surface area (Å²) in [6.07, 6.45) is -2.38. The van der Waals surface area contributed by atoms with Gasteiger partial charge in [0.05, 0.1) is 41.5 Å². The van der Waals surface area contributed by atoms with Crippen LogP contribution in [0.25, 0.3) is 11.2 Å². The van der Waals surface area contributed by atoms with Crippen molar-refractivity contribution in [2.45, 2.75) is 191 Å². The highest BCUT2D eigenvalue weighted by atomic mass is 32.2. The first kappa shape index (κ1) is 58.6. The molecule has 0 aromatic carbocycles. The number of carbonyl (C=O) groups is 3. The number of hydrogen-bond acceptors (Lipinski definition) is 21. The number of fused-ring (bicyclic) bond motifs is 2. The number of aromatic nitrogens is 5. The zero-order valence-electron chi connectivity index (χ0n) is 46.1. The number of cyclic esters (lactones) is 1. The van der Waals surface area contributed by atoms with Crippen LogP contribution in [0.1, 0.15) is 100 Å². The SMILES string of the molecule is CC[C@H]1OC(=O)[C@H](C)[C@@H](O[C@H]2C[C@@](C)(OC)[C@@H](O)[C@@H](C)O2)[C@H](C)[C@@H](O[C@@H]2O[C@H](C)C[C@H](N(C)C)[C@H]2O)[C@](C)(OC)C[C@@H](C)C(=O)C(C)C2C(SCCn3c(NCc4cccnc4)nc4c(N)ncnc43)C(=O)O[C@@]21C. The van der Waals surface area contributed by atoms with Crippen LogP contribution >= 0.6 is 11.8 Å². The number of hydrogen-bond donors (Lipinski definition) is 4. The summed E-state index contributed by atoms with van der Waals surface area (Å²) < 4.78 is 53.9. The molecular formula is C53H82N8O13S. The van der Waals surface area contributed by atoms with E-state index in [1.54, 1.807) is 47.2 Å². The van der Waals surface area contributed by atoms with Crippen LogP contribution < -0.4 is 11.1 Å². The number of ketones is 1. The average Bonchev–Trinajstić information content (AvgIpc) is 3.87. The number of imidazole rings is 1. The first-order chi connectivity index (χ1) is 35.4. The first-order valence-electron chi connectivity index (χ1n) is 26.3. The van der Waals surface area contributed by atoms with E-state index in [2.05, 4.69) is 20.3 Å². The molecule has 0 radical (unpaired) electrons. The molecule has 0 bridgehead atoms. The van der Waals surface area contributed by atoms with E-state index in [4.69, 9.17) is 48.6 Å². The highest BCUT2D eigenvalue weighted by Gasteiger charge is 2.62. The molecule has 7 rings (SSSR count). The summed E-state index contributed by atoms with van der Waals surface area (Å²) in [5.41, 5.74) is 4.32. The van der Waals surface area contributed by atoms with E-state index in [9.17, 15) is 15.0 Å². The number of esters is 2. The van der Waals surface area contributed by atoms with Gasteiger partial charge in [-0.25, -0.2) is 15.0 Å². The number of ether oxygens (including phenoxy) is 8. The number of likely N-dealkylation sites (N-methyl/N-ethyl adjacent to an activating group) is 1. The average molecular weight is 1070 g/mol. The van der Waals surface area contributed by atoms with Crippen LogP contribution in [-0.4, -0.2) is 175 Å². The lowest BCUT2D eigenvalue weighted by molar-refractivity contribution is -0.319. The molecule has 0 saturated carbocycles. The van der Waals surface area contributed by atoms with Crippen molar-refractivity contribution >= 4 is 52.4 Å². The molecule has 0 spiro atoms. The Kier molecular flexibility index (Phi) is 18.6. The van der Waals surface area contributed by atoms with Crippen molar-refractivity contribution in [3.63, 3.8) is 0 Å². The maximum Gasteiger partial charge on any atom is 0.320 e. The summed E-state index contributed by atoms with van der Waals surface area (Å²) in [7, 11) is 6.84. The topological polar surface area (TPSA) is 263 Å². The van der Waals surface area contributed by atoms with Crippen molar-refractivity contribution in [1.82, 2.24) is 29.4 Å². The number of pyridine rings is 1. The molecule has 418 valence electrons. The lowest BCUT2D eigenvalue weighted by Gasteiger charge is -2.50. The minimum absolute atomic E-state index is 0.109. The normalized spacial score (nSPS) is 39.2. The second-order valence-corrected chi connectivity index (χ2v) is 23.4. The third-order valence-electron chi connectivity index (χ3n) is 16.6. The van der Waals surface area contributed by atoms with Crippen LogP contribution in [0.5, 0.6) is 0 Å². The van der Waals surface area contributed by atoms with Gasteiger partial charge in [0.25, 0.3) is 0 Å². The van der Waals surface area contributed by atoms with Crippen molar-refractivity contribution in [3.05, 3.63) is 36.4 Å². The fraction of sp³-hybridized carbons (Fsp3) is 0.755. The molecule has 19 atom stereocenters. The Morgan fingerprint density at radius 3 is 2.33 bits per heavy atom. The summed E-state index contributed by atoms with van der Waals surface area (Å²) in [6, 6.07) is 3.48. The number of nitrogens with zero attached hydrogens (tertiary/aromatic N) is 6. The molecule has 4 saturated heterocycles. The number of carbonyl (C=O) groups excluding carboxylic acids is 3. The molecule has 4 aliphatic rings. The molecule has 75 heavy (non-hydrogen) atoms. The van der Waals surface area contributed by atoms with Crippen LogP contribution in [0.2, 0.25) is 0 Å². The van der Waals surface area contributed by atoms with Gasteiger partial charge in [0.1, 0.15) is 35.7 Å². The van der Waals surface area contributed by atoms with Gasteiger partial charge in [-0.1, -0.05) is 33.8 Å². The minimum Gasteiger partial charge on any atom is -0.458 e. The van der Waals surface area contributed by atoms with Crippen LogP contribution in [0, 0.1) is 29.6 Å². The van der Waals surface area contributed by atoms with Gasteiger partial charge in [-0.05, 0) is 86.5 Å². The Bertz CT molecular complexity index is 2440. The first-order valence-corrected chi connectivity index (χ1v) is 27.4. The second-order valence-electron chi connectivity index (χ2n) is 22.1. The predicted octanol–water partition coefficient (Wildman–Crippen LogP) is 4.79. The molecule has 3 aromatic rings. The Hall–Kier alpha value is -4.10. The molecule has 7 heterocycles. The van der Waals surface area contributed by atoms with Crippen molar-refractivity contribution in [3.8, 4) is 0 Å². The summed E-state index contributed by atoms with van der Waals surface area (Å²) in [6.45, 7) is 18.9. The number of nitrogens with two attached hydrogens (primary N) is 1. The monoisotopic (exact) mass is 1070 g/mol. The molecule has 0 amide bonds. The second kappa shape index (κ2) is 23.9. The van der Waals surface area contributed by atoms with Gasteiger partial charge in [0.15, 0.2) is 35.2 Å². The summed E-state index contributed by atoms with van der Waals surface area (Å²) >= 11 is 1.35. The van der Waals surface area contributed by atoms with E-state index in [1.807, 2.05) is 77.2 Å². The number of thioether (sulfide) groups is 1. The van der Waals surface area contributed by atoms with Crippen LogP contribution in [0.3, 0.4) is 0 Å². The largest absolute Gasteiger partial charge is 0.458 e. The molecule has 21 nitrogen and oxygen atoms in total. The van der Waals surface area contributed by atoms with E-state index in [0.29, 0.717) is 42.4 Å². The maximum atomic E-state index is 15.3. The van der Waals surface area contributed by atoms with Gasteiger partial charge in [-0.15, -0.1) is 11.8 Å². The number of nitrogen functional groups attached to an aromatic ring is 1. The molecule has 3 unspecified atom stereocenters. The van der Waals surface area contributed by atoms with Gasteiger partial charge in [-0.2, -0.15) is 0 Å². The van der Waals surface area contributed by atoms with Crippen molar-refractivity contribution < 1.29 is 62.5 Å². The Balaban J connectivity index is 1.26.